The molecule has 2 heterocycles. The molecule has 5 heteroatoms. The molecule has 18 heavy (non-hydrogen) atoms. The largest absolute Gasteiger partial charge is 0.486 e. The molecule has 0 bridgehead atoms. The lowest BCUT2D eigenvalue weighted by atomic mass is 9.89. The van der Waals surface area contributed by atoms with E-state index in [4.69, 9.17) is 15.2 Å². The Hall–Kier alpha value is -1.36. The van der Waals surface area contributed by atoms with E-state index in [1.54, 1.807) is 11.8 Å². The van der Waals surface area contributed by atoms with Gasteiger partial charge in [-0.05, 0) is 31.0 Å². The van der Waals surface area contributed by atoms with Gasteiger partial charge in [-0.2, -0.15) is 0 Å². The molecular formula is C13H16N2O2S. The number of benzene rings is 1. The molecule has 96 valence electrons. The number of nitrogens with two attached hydrogens (primary N) is 1. The van der Waals surface area contributed by atoms with Crippen molar-refractivity contribution < 1.29 is 9.47 Å². The van der Waals surface area contributed by atoms with Gasteiger partial charge in [-0.1, -0.05) is 17.8 Å². The SMILES string of the molecule is CC1(c2ccc3c(c2)OCCO3)CCSC(N)=N1. The monoisotopic (exact) mass is 264 g/mol. The van der Waals surface area contributed by atoms with Crippen LogP contribution in [0.5, 0.6) is 11.5 Å². The van der Waals surface area contributed by atoms with Gasteiger partial charge in [0.2, 0.25) is 0 Å². The van der Waals surface area contributed by atoms with E-state index in [1.807, 2.05) is 12.1 Å². The van der Waals surface area contributed by atoms with E-state index < -0.39 is 0 Å². The molecule has 0 saturated heterocycles. The topological polar surface area (TPSA) is 56.8 Å². The van der Waals surface area contributed by atoms with Gasteiger partial charge in [-0.3, -0.25) is 4.99 Å². The van der Waals surface area contributed by atoms with Gasteiger partial charge < -0.3 is 15.2 Å². The van der Waals surface area contributed by atoms with Gasteiger partial charge in [0.25, 0.3) is 0 Å². The first-order valence-electron chi connectivity index (χ1n) is 6.06. The number of aliphatic imine (C=N–C) groups is 1. The van der Waals surface area contributed by atoms with Crippen LogP contribution in [0.25, 0.3) is 0 Å². The zero-order valence-electron chi connectivity index (χ0n) is 10.3. The quantitative estimate of drug-likeness (QED) is 0.844. The molecule has 2 aliphatic rings. The molecule has 4 nitrogen and oxygen atoms in total. The highest BCUT2D eigenvalue weighted by Crippen LogP contribution is 2.39. The van der Waals surface area contributed by atoms with Crippen molar-refractivity contribution in [2.45, 2.75) is 18.9 Å². The minimum Gasteiger partial charge on any atom is -0.486 e. The van der Waals surface area contributed by atoms with E-state index in [0.717, 1.165) is 29.2 Å². The Morgan fingerprint density at radius 1 is 1.28 bits per heavy atom. The number of thioether (sulfide) groups is 1. The number of nitrogens with zero attached hydrogens (tertiary/aromatic N) is 1. The summed E-state index contributed by atoms with van der Waals surface area (Å²) in [7, 11) is 0. The number of ether oxygens (including phenoxy) is 2. The van der Waals surface area contributed by atoms with Gasteiger partial charge in [0.1, 0.15) is 13.2 Å². The zero-order valence-corrected chi connectivity index (χ0v) is 11.1. The molecule has 2 aliphatic heterocycles. The van der Waals surface area contributed by atoms with E-state index in [9.17, 15) is 0 Å². The molecular weight excluding hydrogens is 248 g/mol. The van der Waals surface area contributed by atoms with Crippen molar-refractivity contribution in [1.29, 1.82) is 0 Å². The van der Waals surface area contributed by atoms with Crippen molar-refractivity contribution in [3.05, 3.63) is 23.8 Å². The Morgan fingerprint density at radius 2 is 2.06 bits per heavy atom. The lowest BCUT2D eigenvalue weighted by molar-refractivity contribution is 0.171. The Bertz CT molecular complexity index is 504. The average molecular weight is 264 g/mol. The molecule has 1 aromatic rings. The van der Waals surface area contributed by atoms with E-state index in [2.05, 4.69) is 18.0 Å². The summed E-state index contributed by atoms with van der Waals surface area (Å²) >= 11 is 1.62. The summed E-state index contributed by atoms with van der Waals surface area (Å²) < 4.78 is 11.1. The van der Waals surface area contributed by atoms with Crippen molar-refractivity contribution in [3.63, 3.8) is 0 Å². The maximum atomic E-state index is 5.84. The molecule has 0 aliphatic carbocycles. The Labute approximate surface area is 111 Å². The van der Waals surface area contributed by atoms with Crippen LogP contribution in [0.1, 0.15) is 18.9 Å². The van der Waals surface area contributed by atoms with Crippen molar-refractivity contribution in [2.24, 2.45) is 10.7 Å². The van der Waals surface area contributed by atoms with Crippen molar-refractivity contribution in [3.8, 4) is 11.5 Å². The number of fused-ring (bicyclic) bond motifs is 1. The predicted octanol–water partition coefficient (Wildman–Crippen LogP) is 2.12. The Balaban J connectivity index is 1.99. The highest BCUT2D eigenvalue weighted by atomic mass is 32.2. The summed E-state index contributed by atoms with van der Waals surface area (Å²) in [4.78, 5) is 4.59. The molecule has 1 aromatic carbocycles. The minimum atomic E-state index is -0.245. The molecule has 0 amide bonds. The normalized spacial score (nSPS) is 26.6. The molecule has 1 unspecified atom stereocenters. The van der Waals surface area contributed by atoms with Crippen LogP contribution in [0.2, 0.25) is 0 Å². The van der Waals surface area contributed by atoms with Crippen LogP contribution in [-0.4, -0.2) is 24.1 Å². The van der Waals surface area contributed by atoms with Crippen molar-refractivity contribution in [1.82, 2.24) is 0 Å². The van der Waals surface area contributed by atoms with Crippen LogP contribution in [-0.2, 0) is 5.54 Å². The molecule has 1 atom stereocenters. The van der Waals surface area contributed by atoms with Gasteiger partial charge in [0.15, 0.2) is 16.7 Å². The van der Waals surface area contributed by atoms with Crippen LogP contribution in [0, 0.1) is 0 Å². The lowest BCUT2D eigenvalue weighted by Crippen LogP contribution is -2.29. The Morgan fingerprint density at radius 3 is 2.83 bits per heavy atom. The number of rotatable bonds is 1. The third kappa shape index (κ3) is 2.03. The molecule has 0 aromatic heterocycles. The van der Waals surface area contributed by atoms with Crippen molar-refractivity contribution in [2.75, 3.05) is 19.0 Å². The molecule has 2 N–H and O–H groups in total. The molecule has 0 fully saturated rings. The first-order chi connectivity index (χ1) is 8.67. The van der Waals surface area contributed by atoms with Crippen LogP contribution in [0.4, 0.5) is 0 Å². The first-order valence-corrected chi connectivity index (χ1v) is 7.04. The lowest BCUT2D eigenvalue weighted by Gasteiger charge is -2.30. The summed E-state index contributed by atoms with van der Waals surface area (Å²) in [6, 6.07) is 6.05. The summed E-state index contributed by atoms with van der Waals surface area (Å²) in [6.07, 6.45) is 0.984. The molecule has 3 rings (SSSR count). The van der Waals surface area contributed by atoms with Crippen LogP contribution < -0.4 is 15.2 Å². The Kier molecular flexibility index (Phi) is 2.86. The van der Waals surface area contributed by atoms with Gasteiger partial charge in [0.05, 0.1) is 5.54 Å². The second kappa shape index (κ2) is 4.39. The number of hydrogen-bond acceptors (Lipinski definition) is 5. The van der Waals surface area contributed by atoms with Crippen molar-refractivity contribution >= 4 is 16.9 Å². The average Bonchev–Trinajstić information content (AvgIpc) is 2.38. The first kappa shape index (κ1) is 11.7. The van der Waals surface area contributed by atoms with E-state index >= 15 is 0 Å². The fourth-order valence-electron chi connectivity index (χ4n) is 2.27. The summed E-state index contributed by atoms with van der Waals surface area (Å²) in [5.74, 6) is 2.63. The van der Waals surface area contributed by atoms with E-state index in [0.29, 0.717) is 18.4 Å². The second-order valence-electron chi connectivity index (χ2n) is 4.68. The fourth-order valence-corrected chi connectivity index (χ4v) is 3.25. The molecule has 0 saturated carbocycles. The third-order valence-corrected chi connectivity index (χ3v) is 4.16. The highest BCUT2D eigenvalue weighted by molar-refractivity contribution is 8.13. The highest BCUT2D eigenvalue weighted by Gasteiger charge is 2.30. The second-order valence-corrected chi connectivity index (χ2v) is 5.80. The van der Waals surface area contributed by atoms with Crippen LogP contribution in [0.15, 0.2) is 23.2 Å². The fraction of sp³-hybridized carbons (Fsp3) is 0.462. The van der Waals surface area contributed by atoms with Crippen LogP contribution in [0.3, 0.4) is 0 Å². The van der Waals surface area contributed by atoms with Gasteiger partial charge >= 0.3 is 0 Å². The molecule has 0 radical (unpaired) electrons. The summed E-state index contributed by atoms with van der Waals surface area (Å²) in [6.45, 7) is 3.34. The zero-order chi connectivity index (χ0) is 12.6. The standard InChI is InChI=1S/C13H16N2O2S/c1-13(4-7-18-12(14)15-13)9-2-3-10-11(8-9)17-6-5-16-10/h2-3,8H,4-7H2,1H3,(H2,14,15). The van der Waals surface area contributed by atoms with E-state index in [-0.39, 0.29) is 5.54 Å². The summed E-state index contributed by atoms with van der Waals surface area (Å²) in [5.41, 5.74) is 6.73. The molecule has 0 spiro atoms. The number of hydrogen-bond donors (Lipinski definition) is 1. The van der Waals surface area contributed by atoms with Gasteiger partial charge in [-0.25, -0.2) is 0 Å². The predicted molar refractivity (Wildman–Crippen MR) is 73.5 cm³/mol. The maximum absolute atomic E-state index is 5.84. The summed E-state index contributed by atoms with van der Waals surface area (Å²) in [5, 5.41) is 0.665. The number of amidine groups is 1. The van der Waals surface area contributed by atoms with Gasteiger partial charge in [0, 0.05) is 5.75 Å². The van der Waals surface area contributed by atoms with Crippen LogP contribution >= 0.6 is 11.8 Å². The third-order valence-electron chi connectivity index (χ3n) is 3.36. The minimum absolute atomic E-state index is 0.245. The maximum Gasteiger partial charge on any atom is 0.161 e. The van der Waals surface area contributed by atoms with Gasteiger partial charge in [-0.15, -0.1) is 0 Å². The van der Waals surface area contributed by atoms with E-state index in [1.165, 1.54) is 0 Å². The smallest absolute Gasteiger partial charge is 0.161 e.